The Labute approximate surface area is 158 Å². The Kier molecular flexibility index (Phi) is 5.27. The van der Waals surface area contributed by atoms with E-state index in [1.54, 1.807) is 23.7 Å². The van der Waals surface area contributed by atoms with Crippen molar-refractivity contribution < 1.29 is 19.5 Å². The summed E-state index contributed by atoms with van der Waals surface area (Å²) >= 11 is 1.67. The summed E-state index contributed by atoms with van der Waals surface area (Å²) in [4.78, 5) is 40.6. The zero-order chi connectivity index (χ0) is 19.2. The second-order valence-electron chi connectivity index (χ2n) is 7.94. The van der Waals surface area contributed by atoms with E-state index in [0.717, 1.165) is 6.42 Å². The number of nitrogens with zero attached hydrogens (tertiary/aromatic N) is 1. The van der Waals surface area contributed by atoms with E-state index in [2.05, 4.69) is 17.6 Å². The Morgan fingerprint density at radius 2 is 2.08 bits per heavy atom. The number of likely N-dealkylation sites (tertiary alicyclic amines) is 1. The highest BCUT2D eigenvalue weighted by atomic mass is 32.2. The minimum Gasteiger partial charge on any atom is -0.396 e. The predicted molar refractivity (Wildman–Crippen MR) is 99.4 cm³/mol. The van der Waals surface area contributed by atoms with Gasteiger partial charge >= 0.3 is 0 Å². The summed E-state index contributed by atoms with van der Waals surface area (Å²) in [5.74, 6) is -1.05. The van der Waals surface area contributed by atoms with Crippen LogP contribution in [-0.2, 0) is 14.4 Å². The van der Waals surface area contributed by atoms with Gasteiger partial charge in [-0.2, -0.15) is 0 Å². The van der Waals surface area contributed by atoms with Crippen molar-refractivity contribution in [3.63, 3.8) is 0 Å². The molecule has 0 aromatic rings. The molecule has 146 valence electrons. The molecule has 2 bridgehead atoms. The maximum atomic E-state index is 13.3. The van der Waals surface area contributed by atoms with E-state index in [0.29, 0.717) is 13.0 Å². The first-order chi connectivity index (χ1) is 12.3. The molecule has 26 heavy (non-hydrogen) atoms. The first kappa shape index (κ1) is 19.5. The third-order valence-electron chi connectivity index (χ3n) is 6.03. The van der Waals surface area contributed by atoms with E-state index in [9.17, 15) is 19.5 Å². The Balaban J connectivity index is 2.04. The molecule has 3 aliphatic rings. The molecule has 3 unspecified atom stereocenters. The molecular formula is C18H29N3O4S. The van der Waals surface area contributed by atoms with Crippen LogP contribution in [-0.4, -0.2) is 70.0 Å². The van der Waals surface area contributed by atoms with Crippen molar-refractivity contribution in [1.82, 2.24) is 15.5 Å². The molecule has 0 radical (unpaired) electrons. The van der Waals surface area contributed by atoms with Crippen molar-refractivity contribution >= 4 is 29.5 Å². The van der Waals surface area contributed by atoms with Crippen molar-refractivity contribution in [2.75, 3.05) is 20.2 Å². The van der Waals surface area contributed by atoms with Gasteiger partial charge in [0, 0.05) is 31.5 Å². The average Bonchev–Trinajstić information content (AvgIpc) is 3.15. The van der Waals surface area contributed by atoms with Gasteiger partial charge in [0.1, 0.15) is 6.04 Å². The lowest BCUT2D eigenvalue weighted by Gasteiger charge is -2.38. The number of aliphatic hydroxyl groups excluding tert-OH is 1. The van der Waals surface area contributed by atoms with Crippen LogP contribution in [0.1, 0.15) is 33.6 Å². The third kappa shape index (κ3) is 2.64. The Morgan fingerprint density at radius 3 is 2.65 bits per heavy atom. The fourth-order valence-corrected chi connectivity index (χ4v) is 7.55. The standard InChI is InChI=1S/C18H29N3O4S/c1-9(2)20-16(24)14-18-10(3)8-11(26-18)12(15(23)19-4)13(18)17(25)21(14)6-5-7-22/h9-14,22H,5-8H2,1-4H3,(H,19,23)(H,20,24)/t10?,11-,12+,13-,14?,18?/m0/s1. The summed E-state index contributed by atoms with van der Waals surface area (Å²) in [6.07, 6.45) is 1.26. The van der Waals surface area contributed by atoms with Gasteiger partial charge in [-0.3, -0.25) is 14.4 Å². The van der Waals surface area contributed by atoms with Crippen LogP contribution < -0.4 is 10.6 Å². The third-order valence-corrected chi connectivity index (χ3v) is 8.11. The topological polar surface area (TPSA) is 98.7 Å². The quantitative estimate of drug-likeness (QED) is 0.599. The van der Waals surface area contributed by atoms with Crippen molar-refractivity contribution in [3.05, 3.63) is 0 Å². The first-order valence-corrected chi connectivity index (χ1v) is 10.3. The minimum absolute atomic E-state index is 0.0265. The van der Waals surface area contributed by atoms with E-state index in [-0.39, 0.29) is 47.5 Å². The summed E-state index contributed by atoms with van der Waals surface area (Å²) in [5, 5.41) is 15.0. The van der Waals surface area contributed by atoms with E-state index in [4.69, 9.17) is 0 Å². The summed E-state index contributed by atoms with van der Waals surface area (Å²) < 4.78 is -0.562. The molecule has 7 nitrogen and oxygen atoms in total. The molecule has 3 saturated heterocycles. The van der Waals surface area contributed by atoms with Crippen LogP contribution in [0.3, 0.4) is 0 Å². The molecule has 0 aliphatic carbocycles. The molecule has 3 rings (SSSR count). The smallest absolute Gasteiger partial charge is 0.244 e. The van der Waals surface area contributed by atoms with Gasteiger partial charge in [-0.15, -0.1) is 11.8 Å². The van der Waals surface area contributed by atoms with Crippen molar-refractivity contribution in [2.24, 2.45) is 17.8 Å². The molecule has 0 aromatic heterocycles. The number of carbonyl (C=O) groups excluding carboxylic acids is 3. The molecular weight excluding hydrogens is 354 g/mol. The number of hydrogen-bond donors (Lipinski definition) is 3. The lowest BCUT2D eigenvalue weighted by Crippen LogP contribution is -2.57. The fraction of sp³-hybridized carbons (Fsp3) is 0.833. The normalized spacial score (nSPS) is 38.0. The number of rotatable bonds is 6. The molecule has 3 heterocycles. The van der Waals surface area contributed by atoms with Gasteiger partial charge in [0.15, 0.2) is 0 Å². The molecule has 3 amide bonds. The molecule has 3 fully saturated rings. The second kappa shape index (κ2) is 7.03. The van der Waals surface area contributed by atoms with Crippen LogP contribution in [0.25, 0.3) is 0 Å². The van der Waals surface area contributed by atoms with Crippen LogP contribution >= 0.6 is 11.8 Å². The van der Waals surface area contributed by atoms with Gasteiger partial charge in [-0.1, -0.05) is 6.92 Å². The highest BCUT2D eigenvalue weighted by Gasteiger charge is 2.75. The maximum Gasteiger partial charge on any atom is 0.244 e. The average molecular weight is 384 g/mol. The van der Waals surface area contributed by atoms with Crippen LogP contribution in [0, 0.1) is 17.8 Å². The summed E-state index contributed by atoms with van der Waals surface area (Å²) in [6, 6.07) is -0.616. The number of nitrogens with one attached hydrogen (secondary N) is 2. The van der Waals surface area contributed by atoms with Crippen molar-refractivity contribution in [1.29, 1.82) is 0 Å². The summed E-state index contributed by atoms with van der Waals surface area (Å²) in [6.45, 7) is 6.20. The molecule has 3 N–H and O–H groups in total. The van der Waals surface area contributed by atoms with Gasteiger partial charge in [-0.25, -0.2) is 0 Å². The maximum absolute atomic E-state index is 13.3. The SMILES string of the molecule is CNC(=O)[C@@H]1[C@@H]2CC(C)C3(S2)C(C(=O)NC(C)C)N(CCCO)C(=O)[C@H]13. The van der Waals surface area contributed by atoms with Crippen LogP contribution in [0.4, 0.5) is 0 Å². The Bertz CT molecular complexity index is 613. The van der Waals surface area contributed by atoms with Gasteiger partial charge < -0.3 is 20.6 Å². The molecule has 0 aromatic carbocycles. The molecule has 6 atom stereocenters. The number of hydrogen-bond acceptors (Lipinski definition) is 5. The zero-order valence-corrected chi connectivity index (χ0v) is 16.6. The van der Waals surface area contributed by atoms with Crippen LogP contribution in [0.15, 0.2) is 0 Å². The monoisotopic (exact) mass is 383 g/mol. The zero-order valence-electron chi connectivity index (χ0n) is 15.8. The lowest BCUT2D eigenvalue weighted by atomic mass is 9.66. The molecule has 0 saturated carbocycles. The van der Waals surface area contributed by atoms with Crippen LogP contribution in [0.2, 0.25) is 0 Å². The number of thioether (sulfide) groups is 1. The summed E-state index contributed by atoms with van der Waals surface area (Å²) in [7, 11) is 1.60. The molecule has 1 spiro atoms. The van der Waals surface area contributed by atoms with Crippen LogP contribution in [0.5, 0.6) is 0 Å². The van der Waals surface area contributed by atoms with Crippen molar-refractivity contribution in [2.45, 2.75) is 55.7 Å². The van der Waals surface area contributed by atoms with Crippen molar-refractivity contribution in [3.8, 4) is 0 Å². The lowest BCUT2D eigenvalue weighted by molar-refractivity contribution is -0.140. The first-order valence-electron chi connectivity index (χ1n) is 9.40. The molecule has 8 heteroatoms. The second-order valence-corrected chi connectivity index (χ2v) is 9.49. The summed E-state index contributed by atoms with van der Waals surface area (Å²) in [5.41, 5.74) is 0. The van der Waals surface area contributed by atoms with E-state index < -0.39 is 16.7 Å². The fourth-order valence-electron chi connectivity index (χ4n) is 5.13. The van der Waals surface area contributed by atoms with E-state index in [1.807, 2.05) is 13.8 Å². The Morgan fingerprint density at radius 1 is 1.38 bits per heavy atom. The number of aliphatic hydroxyl groups is 1. The van der Waals surface area contributed by atoms with Gasteiger partial charge in [0.2, 0.25) is 17.7 Å². The Hall–Kier alpha value is -1.28. The number of carbonyl (C=O) groups is 3. The highest BCUT2D eigenvalue weighted by molar-refractivity contribution is 8.02. The number of fused-ring (bicyclic) bond motifs is 1. The van der Waals surface area contributed by atoms with E-state index in [1.165, 1.54) is 0 Å². The highest BCUT2D eigenvalue weighted by Crippen LogP contribution is 2.68. The van der Waals surface area contributed by atoms with Gasteiger partial charge in [-0.05, 0) is 32.6 Å². The minimum atomic E-state index is -0.589. The number of amides is 3. The van der Waals surface area contributed by atoms with E-state index >= 15 is 0 Å². The molecule has 3 aliphatic heterocycles. The van der Waals surface area contributed by atoms with Gasteiger partial charge in [0.05, 0.1) is 16.6 Å². The predicted octanol–water partition coefficient (Wildman–Crippen LogP) is -0.0234. The largest absolute Gasteiger partial charge is 0.396 e. The van der Waals surface area contributed by atoms with Gasteiger partial charge in [0.25, 0.3) is 0 Å².